The van der Waals surface area contributed by atoms with Gasteiger partial charge < -0.3 is 10.5 Å². The largest absolute Gasteiger partial charge is 0.367 e. The second kappa shape index (κ2) is 2.21. The second-order valence-electron chi connectivity index (χ2n) is 3.15. The summed E-state index contributed by atoms with van der Waals surface area (Å²) in [5.41, 5.74) is 4.45. The summed E-state index contributed by atoms with van der Waals surface area (Å²) in [5, 5.41) is 8.60. The highest BCUT2D eigenvalue weighted by Crippen LogP contribution is 2.37. The van der Waals surface area contributed by atoms with Gasteiger partial charge in [-0.1, -0.05) is 0 Å². The van der Waals surface area contributed by atoms with Gasteiger partial charge in [-0.25, -0.2) is 0 Å². The van der Waals surface area contributed by atoms with E-state index in [4.69, 9.17) is 15.7 Å². The van der Waals surface area contributed by atoms with Gasteiger partial charge in [0.1, 0.15) is 5.92 Å². The topological polar surface area (TPSA) is 76.1 Å². The first-order valence-electron chi connectivity index (χ1n) is 3.36. The Kier molecular flexibility index (Phi) is 1.61. The molecule has 11 heavy (non-hydrogen) atoms. The number of nitrogens with zero attached hydrogens (tertiary/aromatic N) is 1. The molecule has 0 aromatic rings. The number of carbonyl (C=O) groups is 1. The molecule has 1 saturated heterocycles. The van der Waals surface area contributed by atoms with E-state index in [1.165, 1.54) is 0 Å². The van der Waals surface area contributed by atoms with Crippen molar-refractivity contribution >= 4 is 5.91 Å². The van der Waals surface area contributed by atoms with Gasteiger partial charge in [-0.15, -0.1) is 0 Å². The molecule has 0 saturated carbocycles. The van der Waals surface area contributed by atoms with Crippen molar-refractivity contribution in [2.75, 3.05) is 0 Å². The molecule has 1 amide bonds. The van der Waals surface area contributed by atoms with Gasteiger partial charge in [0.25, 0.3) is 0 Å². The van der Waals surface area contributed by atoms with Crippen LogP contribution in [0.5, 0.6) is 0 Å². The number of carbonyl (C=O) groups excluding carboxylic acids is 1. The number of rotatable bonds is 1. The Morgan fingerprint density at radius 3 is 2.45 bits per heavy atom. The molecule has 0 unspecified atom stereocenters. The van der Waals surface area contributed by atoms with Crippen LogP contribution >= 0.6 is 0 Å². The molecule has 0 aromatic carbocycles. The molecule has 0 spiro atoms. The van der Waals surface area contributed by atoms with Crippen LogP contribution in [0.2, 0.25) is 0 Å². The third-order valence-corrected chi connectivity index (χ3v) is 1.90. The van der Waals surface area contributed by atoms with Crippen LogP contribution in [0, 0.1) is 17.2 Å². The number of nitriles is 1. The lowest BCUT2D eigenvalue weighted by molar-refractivity contribution is -0.216. The van der Waals surface area contributed by atoms with Gasteiger partial charge in [0.15, 0.2) is 6.10 Å². The Labute approximate surface area is 64.9 Å². The number of ether oxygens (including phenoxy) is 1. The SMILES string of the molecule is CC1(C)O[C@@H](C(N)=O)[C@@H]1C#N. The van der Waals surface area contributed by atoms with Crippen molar-refractivity contribution in [3.63, 3.8) is 0 Å². The van der Waals surface area contributed by atoms with Crippen LogP contribution in [0.3, 0.4) is 0 Å². The molecular formula is C7H10N2O2. The summed E-state index contributed by atoms with van der Waals surface area (Å²) >= 11 is 0. The van der Waals surface area contributed by atoms with E-state index in [-0.39, 0.29) is 0 Å². The fourth-order valence-corrected chi connectivity index (χ4v) is 1.21. The normalized spacial score (nSPS) is 33.5. The number of amides is 1. The van der Waals surface area contributed by atoms with E-state index in [0.717, 1.165) is 0 Å². The van der Waals surface area contributed by atoms with Gasteiger partial charge in [-0.2, -0.15) is 5.26 Å². The quantitative estimate of drug-likeness (QED) is 0.567. The summed E-state index contributed by atoms with van der Waals surface area (Å²) < 4.78 is 5.09. The van der Waals surface area contributed by atoms with E-state index in [2.05, 4.69) is 0 Å². The Hall–Kier alpha value is -1.08. The maximum Gasteiger partial charge on any atom is 0.248 e. The Morgan fingerprint density at radius 1 is 1.73 bits per heavy atom. The van der Waals surface area contributed by atoms with E-state index >= 15 is 0 Å². The van der Waals surface area contributed by atoms with Crippen LogP contribution in [-0.4, -0.2) is 17.6 Å². The van der Waals surface area contributed by atoms with Crippen molar-refractivity contribution in [2.24, 2.45) is 11.7 Å². The lowest BCUT2D eigenvalue weighted by Crippen LogP contribution is -2.60. The maximum absolute atomic E-state index is 10.6. The molecule has 4 nitrogen and oxygen atoms in total. The smallest absolute Gasteiger partial charge is 0.248 e. The predicted octanol–water partition coefficient (Wildman–Crippen LogP) is -0.211. The minimum atomic E-state index is -0.713. The van der Waals surface area contributed by atoms with E-state index < -0.39 is 23.5 Å². The molecule has 0 bridgehead atoms. The van der Waals surface area contributed by atoms with Gasteiger partial charge in [0.05, 0.1) is 11.7 Å². The molecule has 1 aliphatic rings. The third-order valence-electron chi connectivity index (χ3n) is 1.90. The van der Waals surface area contributed by atoms with Gasteiger partial charge >= 0.3 is 0 Å². The highest BCUT2D eigenvalue weighted by molar-refractivity contribution is 5.81. The zero-order chi connectivity index (χ0) is 8.65. The molecular weight excluding hydrogens is 144 g/mol. The fourth-order valence-electron chi connectivity index (χ4n) is 1.21. The number of hydrogen-bond donors (Lipinski definition) is 1. The van der Waals surface area contributed by atoms with Crippen molar-refractivity contribution in [1.29, 1.82) is 5.26 Å². The molecule has 0 aliphatic carbocycles. The number of nitrogens with two attached hydrogens (primary N) is 1. The lowest BCUT2D eigenvalue weighted by atomic mass is 9.80. The summed E-state index contributed by atoms with van der Waals surface area (Å²) in [6.45, 7) is 3.53. The number of hydrogen-bond acceptors (Lipinski definition) is 3. The van der Waals surface area contributed by atoms with Crippen LogP contribution in [0.1, 0.15) is 13.8 Å². The molecule has 1 heterocycles. The van der Waals surface area contributed by atoms with Crippen LogP contribution in [0.25, 0.3) is 0 Å². The van der Waals surface area contributed by atoms with Gasteiger partial charge in [0, 0.05) is 0 Å². The predicted molar refractivity (Wildman–Crippen MR) is 37.2 cm³/mol. The zero-order valence-electron chi connectivity index (χ0n) is 6.50. The first kappa shape index (κ1) is 8.02. The first-order valence-corrected chi connectivity index (χ1v) is 3.36. The van der Waals surface area contributed by atoms with Crippen LogP contribution in [-0.2, 0) is 9.53 Å². The first-order chi connectivity index (χ1) is 4.99. The van der Waals surface area contributed by atoms with Gasteiger partial charge in [-0.3, -0.25) is 4.79 Å². The minimum absolute atomic E-state index is 0.403. The van der Waals surface area contributed by atoms with E-state index in [9.17, 15) is 4.79 Å². The molecule has 2 atom stereocenters. The Balaban J connectivity index is 2.69. The monoisotopic (exact) mass is 154 g/mol. The van der Waals surface area contributed by atoms with E-state index in [0.29, 0.717) is 0 Å². The molecule has 0 aromatic heterocycles. The molecule has 0 radical (unpaired) electrons. The maximum atomic E-state index is 10.6. The molecule has 1 rings (SSSR count). The summed E-state index contributed by atoms with van der Waals surface area (Å²) in [6, 6.07) is 2.00. The summed E-state index contributed by atoms with van der Waals surface area (Å²) in [6.07, 6.45) is -0.713. The minimum Gasteiger partial charge on any atom is -0.367 e. The average molecular weight is 154 g/mol. The van der Waals surface area contributed by atoms with Crippen molar-refractivity contribution in [2.45, 2.75) is 25.6 Å². The average Bonchev–Trinajstić information content (AvgIpc) is 1.84. The lowest BCUT2D eigenvalue weighted by Gasteiger charge is -2.45. The molecule has 4 heteroatoms. The van der Waals surface area contributed by atoms with Crippen molar-refractivity contribution in [1.82, 2.24) is 0 Å². The van der Waals surface area contributed by atoms with Gasteiger partial charge in [0.2, 0.25) is 5.91 Å². The molecule has 2 N–H and O–H groups in total. The van der Waals surface area contributed by atoms with Gasteiger partial charge in [-0.05, 0) is 13.8 Å². The highest BCUT2D eigenvalue weighted by Gasteiger charge is 2.52. The van der Waals surface area contributed by atoms with Crippen molar-refractivity contribution in [3.05, 3.63) is 0 Å². The Bertz CT molecular complexity index is 229. The summed E-state index contributed by atoms with van der Waals surface area (Å²) in [7, 11) is 0. The van der Waals surface area contributed by atoms with Crippen molar-refractivity contribution in [3.8, 4) is 6.07 Å². The molecule has 1 aliphatic heterocycles. The summed E-state index contributed by atoms with van der Waals surface area (Å²) in [4.78, 5) is 10.6. The molecule has 1 fully saturated rings. The number of primary amides is 1. The van der Waals surface area contributed by atoms with Crippen LogP contribution in [0.15, 0.2) is 0 Å². The third kappa shape index (κ3) is 1.08. The standard InChI is InChI=1S/C7H10N2O2/c1-7(2)4(3-8)5(11-7)6(9)10/h4-5H,1-2H3,(H2,9,10)/t4-,5+/m0/s1. The van der Waals surface area contributed by atoms with E-state index in [1.807, 2.05) is 6.07 Å². The fraction of sp³-hybridized carbons (Fsp3) is 0.714. The van der Waals surface area contributed by atoms with E-state index in [1.54, 1.807) is 13.8 Å². The second-order valence-corrected chi connectivity index (χ2v) is 3.15. The zero-order valence-corrected chi connectivity index (χ0v) is 6.50. The Morgan fingerprint density at radius 2 is 2.27 bits per heavy atom. The molecule has 60 valence electrons. The van der Waals surface area contributed by atoms with Crippen molar-refractivity contribution < 1.29 is 9.53 Å². The summed E-state index contributed by atoms with van der Waals surface area (Å²) in [5.74, 6) is -0.962. The van der Waals surface area contributed by atoms with Crippen LogP contribution in [0.4, 0.5) is 0 Å². The highest BCUT2D eigenvalue weighted by atomic mass is 16.5. The van der Waals surface area contributed by atoms with Crippen LogP contribution < -0.4 is 5.73 Å².